The number of hydroxylamine groups is 1. The van der Waals surface area contributed by atoms with E-state index in [0.717, 1.165) is 43.1 Å². The number of allylic oxidation sites excluding steroid dienone is 1. The second-order valence-electron chi connectivity index (χ2n) is 9.90. The maximum Gasteiger partial charge on any atom is 0.121 e. The minimum absolute atomic E-state index is 0.0948. The molecule has 1 N–H and O–H groups in total. The molecule has 2 atom stereocenters. The predicted octanol–water partition coefficient (Wildman–Crippen LogP) is 6.35. The van der Waals surface area contributed by atoms with Crippen LogP contribution in [0.2, 0.25) is 0 Å². The summed E-state index contributed by atoms with van der Waals surface area (Å²) in [5, 5.41) is 0. The molecule has 0 radical (unpaired) electrons. The Labute approximate surface area is 231 Å². The summed E-state index contributed by atoms with van der Waals surface area (Å²) in [5.41, 5.74) is 9.32. The zero-order valence-corrected chi connectivity index (χ0v) is 22.6. The molecule has 0 saturated carbocycles. The van der Waals surface area contributed by atoms with Crippen LogP contribution in [0.5, 0.6) is 11.5 Å². The third kappa shape index (κ3) is 7.29. The zero-order chi connectivity index (χ0) is 26.9. The number of hydrogen-bond donors (Lipinski definition) is 1. The van der Waals surface area contributed by atoms with Gasteiger partial charge < -0.3 is 9.47 Å². The number of nitrogens with zero attached hydrogens (tertiary/aromatic N) is 1. The van der Waals surface area contributed by atoms with E-state index in [0.29, 0.717) is 0 Å². The Hall–Kier alpha value is -4.06. The van der Waals surface area contributed by atoms with Crippen molar-refractivity contribution in [3.8, 4) is 11.5 Å². The largest absolute Gasteiger partial charge is 0.497 e. The van der Waals surface area contributed by atoms with Crippen LogP contribution in [0, 0.1) is 0 Å². The van der Waals surface area contributed by atoms with Gasteiger partial charge in [0, 0.05) is 31.2 Å². The third-order valence-corrected chi connectivity index (χ3v) is 7.15. The normalized spacial score (nSPS) is 15.5. The van der Waals surface area contributed by atoms with E-state index in [4.69, 9.17) is 14.3 Å². The summed E-state index contributed by atoms with van der Waals surface area (Å²) in [6.45, 7) is 1.55. The Morgan fingerprint density at radius 2 is 1.18 bits per heavy atom. The average molecular weight is 521 g/mol. The fraction of sp³-hybridized carbons (Fsp3) is 0.235. The Kier molecular flexibility index (Phi) is 8.94. The third-order valence-electron chi connectivity index (χ3n) is 7.15. The van der Waals surface area contributed by atoms with Crippen LogP contribution in [-0.4, -0.2) is 31.3 Å². The van der Waals surface area contributed by atoms with Gasteiger partial charge in [-0.05, 0) is 59.0 Å². The van der Waals surface area contributed by atoms with E-state index in [1.807, 2.05) is 30.3 Å². The van der Waals surface area contributed by atoms with Gasteiger partial charge >= 0.3 is 0 Å². The molecule has 0 amide bonds. The van der Waals surface area contributed by atoms with E-state index in [-0.39, 0.29) is 12.1 Å². The molecule has 5 rings (SSSR count). The van der Waals surface area contributed by atoms with E-state index >= 15 is 0 Å². The molecule has 4 aromatic carbocycles. The molecule has 0 aliphatic carbocycles. The van der Waals surface area contributed by atoms with E-state index < -0.39 is 0 Å². The number of nitrogens with one attached hydrogen (secondary N) is 1. The second kappa shape index (κ2) is 13.1. The monoisotopic (exact) mass is 520 g/mol. The quantitative estimate of drug-likeness (QED) is 0.236. The van der Waals surface area contributed by atoms with Crippen LogP contribution in [0.3, 0.4) is 0 Å². The lowest BCUT2D eigenvalue weighted by Crippen LogP contribution is -2.44. The van der Waals surface area contributed by atoms with Gasteiger partial charge in [0.1, 0.15) is 17.6 Å². The lowest BCUT2D eigenvalue weighted by Gasteiger charge is -2.34. The van der Waals surface area contributed by atoms with Gasteiger partial charge in [-0.3, -0.25) is 15.2 Å². The van der Waals surface area contributed by atoms with Crippen molar-refractivity contribution in [1.29, 1.82) is 0 Å². The maximum absolute atomic E-state index is 6.28. The van der Waals surface area contributed by atoms with E-state index in [2.05, 4.69) is 95.3 Å². The molecular weight excluding hydrogens is 484 g/mol. The lowest BCUT2D eigenvalue weighted by atomic mass is 9.97. The first kappa shape index (κ1) is 26.5. The zero-order valence-electron chi connectivity index (χ0n) is 22.6. The highest BCUT2D eigenvalue weighted by Gasteiger charge is 2.31. The smallest absolute Gasteiger partial charge is 0.121 e. The van der Waals surface area contributed by atoms with Gasteiger partial charge in [0.15, 0.2) is 0 Å². The van der Waals surface area contributed by atoms with Gasteiger partial charge in [0.25, 0.3) is 0 Å². The number of methoxy groups -OCH3 is 2. The van der Waals surface area contributed by atoms with Crippen molar-refractivity contribution >= 4 is 0 Å². The Morgan fingerprint density at radius 1 is 0.667 bits per heavy atom. The molecule has 1 aliphatic rings. The molecule has 200 valence electrons. The van der Waals surface area contributed by atoms with Crippen LogP contribution < -0.4 is 15.0 Å². The van der Waals surface area contributed by atoms with E-state index in [9.17, 15) is 0 Å². The molecule has 1 aliphatic heterocycles. The van der Waals surface area contributed by atoms with Crippen molar-refractivity contribution in [2.24, 2.45) is 0 Å². The first-order chi connectivity index (χ1) is 19.2. The molecule has 4 aromatic rings. The molecule has 0 spiro atoms. The topological polar surface area (TPSA) is 43.0 Å². The lowest BCUT2D eigenvalue weighted by molar-refractivity contribution is -0.0191. The first-order valence-electron chi connectivity index (χ1n) is 13.4. The van der Waals surface area contributed by atoms with Crippen molar-refractivity contribution < 1.29 is 14.3 Å². The van der Waals surface area contributed by atoms with E-state index in [1.54, 1.807) is 14.2 Å². The summed E-state index contributed by atoms with van der Waals surface area (Å²) in [7, 11) is 3.40. The molecule has 0 saturated heterocycles. The summed E-state index contributed by atoms with van der Waals surface area (Å²) in [6, 6.07) is 37.9. The van der Waals surface area contributed by atoms with Crippen LogP contribution in [0.4, 0.5) is 0 Å². The van der Waals surface area contributed by atoms with Crippen molar-refractivity contribution in [2.75, 3.05) is 14.2 Å². The standard InChI is InChI=1S/C34H36N2O3/c1-37-31-17-13-28(14-18-31)24-36(25-29-15-19-32(38-2)20-16-29)33(22-27-11-7-4-8-12-27)34-23-30(35-39-34)21-26-9-5-3-6-10-26/h3-20,23,33-35H,21-22,24-25H2,1-2H3. The van der Waals surface area contributed by atoms with Gasteiger partial charge in [0.05, 0.1) is 14.2 Å². The van der Waals surface area contributed by atoms with Crippen molar-refractivity contribution in [1.82, 2.24) is 10.4 Å². The predicted molar refractivity (Wildman–Crippen MR) is 155 cm³/mol. The molecule has 5 heteroatoms. The summed E-state index contributed by atoms with van der Waals surface area (Å²) in [5.74, 6) is 1.72. The molecule has 2 unspecified atom stereocenters. The Bertz CT molecular complexity index is 1270. The molecule has 39 heavy (non-hydrogen) atoms. The number of ether oxygens (including phenoxy) is 2. The molecular formula is C34H36N2O3. The highest BCUT2D eigenvalue weighted by atomic mass is 16.7. The SMILES string of the molecule is COc1ccc(CN(Cc2ccc(OC)cc2)C(Cc2ccccc2)C2C=C(Cc3ccccc3)NO2)cc1. The van der Waals surface area contributed by atoms with Crippen molar-refractivity contribution in [3.63, 3.8) is 0 Å². The van der Waals surface area contributed by atoms with Gasteiger partial charge in [-0.1, -0.05) is 84.9 Å². The number of rotatable bonds is 12. The van der Waals surface area contributed by atoms with Crippen molar-refractivity contribution in [2.45, 2.75) is 38.1 Å². The highest BCUT2D eigenvalue weighted by molar-refractivity contribution is 5.30. The number of benzene rings is 4. The maximum atomic E-state index is 6.28. The molecule has 0 bridgehead atoms. The first-order valence-corrected chi connectivity index (χ1v) is 13.4. The van der Waals surface area contributed by atoms with Gasteiger partial charge in [0.2, 0.25) is 0 Å². The summed E-state index contributed by atoms with van der Waals surface area (Å²) >= 11 is 0. The summed E-state index contributed by atoms with van der Waals surface area (Å²) in [6.07, 6.45) is 3.82. The van der Waals surface area contributed by atoms with Gasteiger partial charge in [-0.2, -0.15) is 0 Å². The van der Waals surface area contributed by atoms with Gasteiger partial charge in [-0.25, -0.2) is 0 Å². The summed E-state index contributed by atoms with van der Waals surface area (Å²) < 4.78 is 10.8. The molecule has 0 aromatic heterocycles. The molecule has 0 fully saturated rings. The highest BCUT2D eigenvalue weighted by Crippen LogP contribution is 2.26. The van der Waals surface area contributed by atoms with Crippen LogP contribution in [0.25, 0.3) is 0 Å². The van der Waals surface area contributed by atoms with E-state index in [1.165, 1.54) is 22.3 Å². The van der Waals surface area contributed by atoms with Crippen LogP contribution in [0.15, 0.2) is 121 Å². The molecule has 1 heterocycles. The van der Waals surface area contributed by atoms with Crippen LogP contribution >= 0.6 is 0 Å². The van der Waals surface area contributed by atoms with Gasteiger partial charge in [-0.15, -0.1) is 0 Å². The molecule has 5 nitrogen and oxygen atoms in total. The average Bonchev–Trinajstić information content (AvgIpc) is 3.45. The number of hydrogen-bond acceptors (Lipinski definition) is 5. The van der Waals surface area contributed by atoms with Crippen LogP contribution in [-0.2, 0) is 30.8 Å². The summed E-state index contributed by atoms with van der Waals surface area (Å²) in [4.78, 5) is 8.80. The fourth-order valence-electron chi connectivity index (χ4n) is 5.04. The minimum Gasteiger partial charge on any atom is -0.497 e. The minimum atomic E-state index is -0.111. The Morgan fingerprint density at radius 3 is 1.69 bits per heavy atom. The Balaban J connectivity index is 1.46. The second-order valence-corrected chi connectivity index (χ2v) is 9.90. The van der Waals surface area contributed by atoms with Crippen LogP contribution in [0.1, 0.15) is 22.3 Å². The fourth-order valence-corrected chi connectivity index (χ4v) is 5.04. The van der Waals surface area contributed by atoms with Crippen molar-refractivity contribution in [3.05, 3.63) is 143 Å².